The lowest BCUT2D eigenvalue weighted by Gasteiger charge is -2.37. The fourth-order valence-corrected chi connectivity index (χ4v) is 8.53. The Morgan fingerprint density at radius 2 is 1.27 bits per heavy atom. The van der Waals surface area contributed by atoms with E-state index in [1.165, 1.54) is 30.3 Å². The molecule has 0 unspecified atom stereocenters. The lowest BCUT2D eigenvalue weighted by atomic mass is 9.84. The topological polar surface area (TPSA) is 57.7 Å². The molecular weight excluding hydrogens is 671 g/mol. The molecule has 2 bridgehead atoms. The second kappa shape index (κ2) is 9.22. The van der Waals surface area contributed by atoms with E-state index in [1.807, 2.05) is 0 Å². The number of hydrogen-bond acceptors (Lipinski definition) is 3. The van der Waals surface area contributed by atoms with E-state index < -0.39 is 43.6 Å². The zero-order valence-electron chi connectivity index (χ0n) is 17.9. The number of nitrogens with zero attached hydrogens (tertiary/aromatic N) is 2. The Bertz CT molecular complexity index is 1370. The van der Waals surface area contributed by atoms with Crippen LogP contribution in [0.15, 0.2) is 52.5 Å². The summed E-state index contributed by atoms with van der Waals surface area (Å²) < 4.78 is -2.10. The molecule has 0 spiro atoms. The van der Waals surface area contributed by atoms with Crippen molar-refractivity contribution in [3.8, 4) is 0 Å². The Morgan fingerprint density at radius 1 is 0.784 bits per heavy atom. The Labute approximate surface area is 255 Å². The lowest BCUT2D eigenvalue weighted by molar-refractivity contribution is -0.156. The van der Waals surface area contributed by atoms with Gasteiger partial charge < -0.3 is 0 Å². The third-order valence-electron chi connectivity index (χ3n) is 6.79. The average Bonchev–Trinajstić information content (AvgIpc) is 3.22. The maximum Gasteiger partial charge on any atom is 0.273 e. The standard InChI is InChI=1S/C23H11Cl9N2O3/c24-11-4-1-9(2-5-11)18(35)33(8-10-3-6-12(25)7-13(10)26)34-19(36)14-15(20(34)37)22(30)17(28)16(27)21(14,29)23(22,31)32/h1-7,14-15H,8H2/t14-,15-,21-,22-/m1/s1. The number of hydrazine groups is 1. The highest BCUT2D eigenvalue weighted by Crippen LogP contribution is 2.77. The monoisotopic (exact) mass is 678 g/mol. The van der Waals surface area contributed by atoms with Crippen LogP contribution in [0.2, 0.25) is 15.1 Å². The highest BCUT2D eigenvalue weighted by atomic mass is 35.5. The number of carbonyl (C=O) groups excluding carboxylic acids is 3. The van der Waals surface area contributed by atoms with Crippen molar-refractivity contribution in [3.05, 3.63) is 78.7 Å². The molecule has 4 atom stereocenters. The minimum Gasteiger partial charge on any atom is -0.272 e. The molecule has 1 heterocycles. The minimum absolute atomic E-state index is 0.134. The molecule has 1 aliphatic heterocycles. The van der Waals surface area contributed by atoms with Gasteiger partial charge in [-0.2, -0.15) is 5.01 Å². The molecule has 2 aromatic rings. The van der Waals surface area contributed by atoms with Gasteiger partial charge in [-0.1, -0.05) is 87.3 Å². The van der Waals surface area contributed by atoms with E-state index in [-0.39, 0.29) is 27.2 Å². The first-order valence-electron chi connectivity index (χ1n) is 10.4. The average molecular weight is 682 g/mol. The third-order valence-corrected chi connectivity index (χ3v) is 11.9. The van der Waals surface area contributed by atoms with Crippen LogP contribution >= 0.6 is 104 Å². The number of halogens is 9. The third kappa shape index (κ3) is 3.62. The summed E-state index contributed by atoms with van der Waals surface area (Å²) in [4.78, 5) is 37.5. The SMILES string of the molecule is O=C(c1ccc(Cl)cc1)N(Cc1ccc(Cl)cc1Cl)N1C(=O)[C@H]2[C@H](C1=O)[C@@]1(Cl)C(Cl)=C(Cl)[C@@]2(Cl)C1(Cl)Cl. The van der Waals surface area contributed by atoms with Crippen molar-refractivity contribution in [2.45, 2.75) is 20.6 Å². The zero-order valence-corrected chi connectivity index (χ0v) is 24.7. The van der Waals surface area contributed by atoms with Crippen molar-refractivity contribution in [2.75, 3.05) is 0 Å². The smallest absolute Gasteiger partial charge is 0.272 e. The van der Waals surface area contributed by atoms with Crippen molar-refractivity contribution in [3.63, 3.8) is 0 Å². The number of benzene rings is 2. The zero-order chi connectivity index (χ0) is 27.2. The van der Waals surface area contributed by atoms with Crippen molar-refractivity contribution in [2.24, 2.45) is 11.8 Å². The van der Waals surface area contributed by atoms with Crippen LogP contribution in [0.25, 0.3) is 0 Å². The predicted octanol–water partition coefficient (Wildman–Crippen LogP) is 7.65. The second-order valence-corrected chi connectivity index (χ2v) is 13.2. The molecule has 0 radical (unpaired) electrons. The first-order valence-corrected chi connectivity index (χ1v) is 13.8. The number of alkyl halides is 4. The number of fused-ring (bicyclic) bond motifs is 5. The van der Waals surface area contributed by atoms with Crippen LogP contribution in [0, 0.1) is 11.8 Å². The first-order chi connectivity index (χ1) is 17.2. The van der Waals surface area contributed by atoms with Crippen molar-refractivity contribution < 1.29 is 14.4 Å². The molecule has 2 fully saturated rings. The van der Waals surface area contributed by atoms with E-state index in [9.17, 15) is 14.4 Å². The van der Waals surface area contributed by atoms with Crippen molar-refractivity contribution in [1.82, 2.24) is 10.0 Å². The molecule has 194 valence electrons. The van der Waals surface area contributed by atoms with Crippen LogP contribution in [-0.4, -0.2) is 41.8 Å². The number of allylic oxidation sites excluding steroid dienone is 2. The molecule has 3 aliphatic rings. The largest absolute Gasteiger partial charge is 0.273 e. The van der Waals surface area contributed by atoms with E-state index >= 15 is 0 Å². The normalized spacial score (nSPS) is 29.8. The summed E-state index contributed by atoms with van der Waals surface area (Å²) in [6.45, 7) is -0.291. The van der Waals surface area contributed by atoms with Crippen LogP contribution in [-0.2, 0) is 16.1 Å². The molecule has 37 heavy (non-hydrogen) atoms. The Kier molecular flexibility index (Phi) is 6.97. The lowest BCUT2D eigenvalue weighted by Crippen LogP contribution is -2.55. The Morgan fingerprint density at radius 3 is 1.76 bits per heavy atom. The molecule has 5 rings (SSSR count). The highest BCUT2D eigenvalue weighted by molar-refractivity contribution is 6.66. The summed E-state index contributed by atoms with van der Waals surface area (Å²) in [5, 5.41) is 2.08. The summed E-state index contributed by atoms with van der Waals surface area (Å²) in [7, 11) is 0. The summed E-state index contributed by atoms with van der Waals surface area (Å²) >= 11 is 57.8. The van der Waals surface area contributed by atoms with Gasteiger partial charge in [-0.25, -0.2) is 5.01 Å². The first kappa shape index (κ1) is 27.9. The fraction of sp³-hybridized carbons (Fsp3) is 0.261. The predicted molar refractivity (Wildman–Crippen MR) is 147 cm³/mol. The van der Waals surface area contributed by atoms with Gasteiger partial charge in [-0.15, -0.1) is 23.2 Å². The Balaban J connectivity index is 1.63. The Hall–Kier alpha value is -0.600. The van der Waals surface area contributed by atoms with Crippen molar-refractivity contribution in [1.29, 1.82) is 0 Å². The number of rotatable bonds is 4. The molecule has 2 aliphatic carbocycles. The summed E-state index contributed by atoms with van der Waals surface area (Å²) in [5.74, 6) is -5.30. The summed E-state index contributed by atoms with van der Waals surface area (Å²) in [5.41, 5.74) is 0.530. The molecule has 5 nitrogen and oxygen atoms in total. The minimum atomic E-state index is -2.10. The number of carbonyl (C=O) groups is 3. The summed E-state index contributed by atoms with van der Waals surface area (Å²) in [6.07, 6.45) is 0. The van der Waals surface area contributed by atoms with Crippen LogP contribution < -0.4 is 0 Å². The quantitative estimate of drug-likeness (QED) is 0.246. The van der Waals surface area contributed by atoms with E-state index in [0.717, 1.165) is 5.01 Å². The summed E-state index contributed by atoms with van der Waals surface area (Å²) in [6, 6.07) is 10.5. The molecule has 14 heteroatoms. The molecule has 0 aromatic heterocycles. The maximum atomic E-state index is 13.9. The van der Waals surface area contributed by atoms with E-state index in [4.69, 9.17) is 104 Å². The second-order valence-electron chi connectivity index (χ2n) is 8.67. The maximum absolute atomic E-state index is 13.9. The highest BCUT2D eigenvalue weighted by Gasteiger charge is 2.88. The van der Waals surface area contributed by atoms with Gasteiger partial charge in [-0.05, 0) is 42.0 Å². The molecule has 1 saturated carbocycles. The van der Waals surface area contributed by atoms with Crippen LogP contribution in [0.4, 0.5) is 0 Å². The molecule has 3 amide bonds. The van der Waals surface area contributed by atoms with Gasteiger partial charge in [-0.3, -0.25) is 14.4 Å². The van der Waals surface area contributed by atoms with E-state index in [1.54, 1.807) is 12.1 Å². The van der Waals surface area contributed by atoms with E-state index in [2.05, 4.69) is 0 Å². The fourth-order valence-electron chi connectivity index (χ4n) is 5.00. The van der Waals surface area contributed by atoms with Gasteiger partial charge in [0, 0.05) is 20.6 Å². The van der Waals surface area contributed by atoms with Crippen LogP contribution in [0.1, 0.15) is 15.9 Å². The van der Waals surface area contributed by atoms with Gasteiger partial charge in [0.1, 0.15) is 9.75 Å². The van der Waals surface area contributed by atoms with Crippen LogP contribution in [0.5, 0.6) is 0 Å². The number of imide groups is 1. The van der Waals surface area contributed by atoms with Gasteiger partial charge >= 0.3 is 0 Å². The number of amides is 3. The van der Waals surface area contributed by atoms with Gasteiger partial charge in [0.25, 0.3) is 17.7 Å². The van der Waals surface area contributed by atoms with Gasteiger partial charge in [0.05, 0.1) is 28.4 Å². The molecule has 0 N–H and O–H groups in total. The van der Waals surface area contributed by atoms with Gasteiger partial charge in [0.15, 0.2) is 4.33 Å². The molecular formula is C23H11Cl9N2O3. The van der Waals surface area contributed by atoms with E-state index in [0.29, 0.717) is 20.6 Å². The molecule has 2 aromatic carbocycles. The molecule has 1 saturated heterocycles. The van der Waals surface area contributed by atoms with Gasteiger partial charge in [0.2, 0.25) is 0 Å². The van der Waals surface area contributed by atoms with Crippen LogP contribution in [0.3, 0.4) is 0 Å². The van der Waals surface area contributed by atoms with Crippen molar-refractivity contribution >= 4 is 122 Å². The number of hydrogen-bond donors (Lipinski definition) is 0.